The Morgan fingerprint density at radius 3 is 2.69 bits per heavy atom. The number of rotatable bonds is 3. The van der Waals surface area contributed by atoms with E-state index in [2.05, 4.69) is 37.8 Å². The van der Waals surface area contributed by atoms with Crippen LogP contribution < -0.4 is 0 Å². The van der Waals surface area contributed by atoms with Crippen molar-refractivity contribution in [2.24, 2.45) is 0 Å². The molecule has 0 heterocycles. The molecule has 0 nitrogen and oxygen atoms in total. The monoisotopic (exact) mass is 172 g/mol. The zero-order valence-electron chi connectivity index (χ0n) is 8.22. The predicted molar refractivity (Wildman–Crippen MR) is 56.9 cm³/mol. The quantitative estimate of drug-likeness (QED) is 0.610. The fourth-order valence-corrected chi connectivity index (χ4v) is 1.81. The standard InChI is InChI=1S/C13H16/c1-10(2)9-12-5-3-4-6-13(12)11-7-8-11/h3-6,11H,1,7-9H2,2H3. The molecular formula is C13H16. The Morgan fingerprint density at radius 1 is 1.38 bits per heavy atom. The summed E-state index contributed by atoms with van der Waals surface area (Å²) >= 11 is 0. The van der Waals surface area contributed by atoms with Gasteiger partial charge in [0.25, 0.3) is 0 Å². The summed E-state index contributed by atoms with van der Waals surface area (Å²) in [5.74, 6) is 0.857. The third-order valence-electron chi connectivity index (χ3n) is 2.56. The van der Waals surface area contributed by atoms with Crippen LogP contribution in [0.1, 0.15) is 36.8 Å². The van der Waals surface area contributed by atoms with E-state index in [-0.39, 0.29) is 0 Å². The van der Waals surface area contributed by atoms with E-state index in [1.807, 2.05) is 0 Å². The summed E-state index contributed by atoms with van der Waals surface area (Å²) in [5.41, 5.74) is 4.30. The van der Waals surface area contributed by atoms with Gasteiger partial charge in [0, 0.05) is 0 Å². The van der Waals surface area contributed by atoms with Crippen molar-refractivity contribution in [3.63, 3.8) is 0 Å². The molecule has 68 valence electrons. The highest BCUT2D eigenvalue weighted by atomic mass is 14.3. The molecule has 1 aliphatic carbocycles. The second kappa shape index (κ2) is 3.37. The highest BCUT2D eigenvalue weighted by Crippen LogP contribution is 2.41. The minimum absolute atomic E-state index is 0.857. The van der Waals surface area contributed by atoms with Gasteiger partial charge in [0.15, 0.2) is 0 Å². The van der Waals surface area contributed by atoms with Crippen molar-refractivity contribution in [3.05, 3.63) is 47.5 Å². The predicted octanol–water partition coefficient (Wildman–Crippen LogP) is 3.68. The SMILES string of the molecule is C=C(C)Cc1ccccc1C1CC1. The van der Waals surface area contributed by atoms with Crippen molar-refractivity contribution >= 4 is 0 Å². The van der Waals surface area contributed by atoms with Gasteiger partial charge in [-0.3, -0.25) is 0 Å². The first-order valence-electron chi connectivity index (χ1n) is 4.99. The van der Waals surface area contributed by atoms with Gasteiger partial charge in [-0.05, 0) is 43.2 Å². The summed E-state index contributed by atoms with van der Waals surface area (Å²) in [6.07, 6.45) is 3.81. The first kappa shape index (κ1) is 8.55. The molecule has 13 heavy (non-hydrogen) atoms. The molecule has 0 aromatic heterocycles. The van der Waals surface area contributed by atoms with E-state index in [1.165, 1.54) is 24.0 Å². The number of hydrogen-bond acceptors (Lipinski definition) is 0. The number of benzene rings is 1. The molecule has 0 radical (unpaired) electrons. The molecule has 1 aliphatic rings. The Bertz CT molecular complexity index is 319. The van der Waals surface area contributed by atoms with Gasteiger partial charge in [0.2, 0.25) is 0 Å². The lowest BCUT2D eigenvalue weighted by molar-refractivity contribution is 1.04. The maximum atomic E-state index is 3.97. The average molecular weight is 172 g/mol. The zero-order chi connectivity index (χ0) is 9.26. The van der Waals surface area contributed by atoms with Gasteiger partial charge in [-0.2, -0.15) is 0 Å². The third-order valence-corrected chi connectivity index (χ3v) is 2.56. The van der Waals surface area contributed by atoms with E-state index in [0.29, 0.717) is 0 Å². The minimum atomic E-state index is 0.857. The molecule has 0 aliphatic heterocycles. The van der Waals surface area contributed by atoms with Crippen molar-refractivity contribution in [2.45, 2.75) is 32.1 Å². The molecule has 0 unspecified atom stereocenters. The molecule has 0 bridgehead atoms. The second-order valence-electron chi connectivity index (χ2n) is 4.11. The van der Waals surface area contributed by atoms with E-state index < -0.39 is 0 Å². The molecule has 1 aromatic carbocycles. The zero-order valence-corrected chi connectivity index (χ0v) is 8.22. The molecule has 1 fully saturated rings. The van der Waals surface area contributed by atoms with Crippen LogP contribution in [0.15, 0.2) is 36.4 Å². The minimum Gasteiger partial charge on any atom is -0.0998 e. The lowest BCUT2D eigenvalue weighted by atomic mass is 9.98. The molecule has 1 aromatic rings. The van der Waals surface area contributed by atoms with Crippen LogP contribution in [-0.4, -0.2) is 0 Å². The Labute approximate surface area is 80.3 Å². The first-order valence-corrected chi connectivity index (χ1v) is 4.99. The van der Waals surface area contributed by atoms with Crippen LogP contribution in [0, 0.1) is 0 Å². The van der Waals surface area contributed by atoms with Gasteiger partial charge in [-0.25, -0.2) is 0 Å². The fraction of sp³-hybridized carbons (Fsp3) is 0.385. The number of allylic oxidation sites excluding steroid dienone is 1. The van der Waals surface area contributed by atoms with Crippen molar-refractivity contribution < 1.29 is 0 Å². The van der Waals surface area contributed by atoms with Crippen LogP contribution in [0.25, 0.3) is 0 Å². The summed E-state index contributed by atoms with van der Waals surface area (Å²) in [6.45, 7) is 6.07. The Morgan fingerprint density at radius 2 is 2.08 bits per heavy atom. The van der Waals surface area contributed by atoms with Crippen LogP contribution in [-0.2, 0) is 6.42 Å². The van der Waals surface area contributed by atoms with Gasteiger partial charge in [-0.1, -0.05) is 36.4 Å². The molecule has 2 rings (SSSR count). The van der Waals surface area contributed by atoms with Crippen molar-refractivity contribution in [1.82, 2.24) is 0 Å². The van der Waals surface area contributed by atoms with Gasteiger partial charge < -0.3 is 0 Å². The Balaban J connectivity index is 2.26. The maximum Gasteiger partial charge on any atom is -0.00697 e. The highest BCUT2D eigenvalue weighted by molar-refractivity contribution is 5.35. The van der Waals surface area contributed by atoms with Crippen LogP contribution >= 0.6 is 0 Å². The van der Waals surface area contributed by atoms with E-state index in [9.17, 15) is 0 Å². The van der Waals surface area contributed by atoms with Gasteiger partial charge >= 0.3 is 0 Å². The van der Waals surface area contributed by atoms with Crippen molar-refractivity contribution in [3.8, 4) is 0 Å². The fourth-order valence-electron chi connectivity index (χ4n) is 1.81. The normalized spacial score (nSPS) is 15.8. The van der Waals surface area contributed by atoms with E-state index in [1.54, 1.807) is 5.56 Å². The summed E-state index contributed by atoms with van der Waals surface area (Å²) in [6, 6.07) is 8.79. The lowest BCUT2D eigenvalue weighted by Gasteiger charge is -2.07. The van der Waals surface area contributed by atoms with Crippen LogP contribution in [0.2, 0.25) is 0 Å². The van der Waals surface area contributed by atoms with Crippen molar-refractivity contribution in [2.75, 3.05) is 0 Å². The molecular weight excluding hydrogens is 156 g/mol. The smallest absolute Gasteiger partial charge is 0.00697 e. The summed E-state index contributed by atoms with van der Waals surface area (Å²) in [4.78, 5) is 0. The largest absolute Gasteiger partial charge is 0.0998 e. The Kier molecular flexibility index (Phi) is 2.22. The molecule has 1 saturated carbocycles. The van der Waals surface area contributed by atoms with Crippen molar-refractivity contribution in [1.29, 1.82) is 0 Å². The average Bonchev–Trinajstić information content (AvgIpc) is 2.87. The molecule has 0 heteroatoms. The second-order valence-corrected chi connectivity index (χ2v) is 4.11. The first-order chi connectivity index (χ1) is 6.27. The summed E-state index contributed by atoms with van der Waals surface area (Å²) in [5, 5.41) is 0. The third kappa shape index (κ3) is 2.00. The van der Waals surface area contributed by atoms with E-state index in [4.69, 9.17) is 0 Å². The summed E-state index contributed by atoms with van der Waals surface area (Å²) < 4.78 is 0. The van der Waals surface area contributed by atoms with Gasteiger partial charge in [-0.15, -0.1) is 0 Å². The van der Waals surface area contributed by atoms with E-state index in [0.717, 1.165) is 12.3 Å². The topological polar surface area (TPSA) is 0 Å². The maximum absolute atomic E-state index is 3.97. The molecule has 0 atom stereocenters. The molecule has 0 saturated heterocycles. The van der Waals surface area contributed by atoms with E-state index >= 15 is 0 Å². The highest BCUT2D eigenvalue weighted by Gasteiger charge is 2.25. The van der Waals surface area contributed by atoms with Gasteiger partial charge in [0.1, 0.15) is 0 Å². The number of hydrogen-bond donors (Lipinski definition) is 0. The van der Waals surface area contributed by atoms with Crippen LogP contribution in [0.4, 0.5) is 0 Å². The van der Waals surface area contributed by atoms with Crippen LogP contribution in [0.5, 0.6) is 0 Å². The van der Waals surface area contributed by atoms with Crippen LogP contribution in [0.3, 0.4) is 0 Å². The summed E-state index contributed by atoms with van der Waals surface area (Å²) in [7, 11) is 0. The van der Waals surface area contributed by atoms with Gasteiger partial charge in [0.05, 0.1) is 0 Å². The lowest BCUT2D eigenvalue weighted by Crippen LogP contribution is -1.92. The molecule has 0 amide bonds. The molecule has 0 spiro atoms. The molecule has 0 N–H and O–H groups in total. The Hall–Kier alpha value is -1.04.